The second-order valence-corrected chi connectivity index (χ2v) is 4.01. The van der Waals surface area contributed by atoms with Gasteiger partial charge in [0.05, 0.1) is 6.54 Å². The van der Waals surface area contributed by atoms with Crippen LogP contribution in [0.5, 0.6) is 0 Å². The second-order valence-electron chi connectivity index (χ2n) is 4.01. The van der Waals surface area contributed by atoms with Gasteiger partial charge in [-0.3, -0.25) is 9.59 Å². The average Bonchev–Trinajstić information content (AvgIpc) is 1.98. The first-order valence-corrected chi connectivity index (χ1v) is 4.73. The number of carbonyl (C=O) groups is 2. The minimum absolute atomic E-state index is 0.0492. The highest BCUT2D eigenvalue weighted by Gasteiger charge is 2.09. The Morgan fingerprint density at radius 2 is 1.69 bits per heavy atom. The van der Waals surface area contributed by atoms with Crippen LogP contribution in [-0.4, -0.2) is 18.2 Å². The number of hydrogen-bond donors (Lipinski definition) is 1. The number of amides is 1. The Hall–Kier alpha value is -0.860. The predicted octanol–water partition coefficient (Wildman–Crippen LogP) is 1.37. The van der Waals surface area contributed by atoms with Gasteiger partial charge in [0.2, 0.25) is 5.91 Å². The van der Waals surface area contributed by atoms with Gasteiger partial charge >= 0.3 is 0 Å². The highest BCUT2D eigenvalue weighted by atomic mass is 16.2. The molecule has 0 aromatic carbocycles. The van der Waals surface area contributed by atoms with E-state index in [9.17, 15) is 9.59 Å². The maximum Gasteiger partial charge on any atom is 0.222 e. The van der Waals surface area contributed by atoms with Gasteiger partial charge < -0.3 is 5.32 Å². The standard InChI is InChI=1S/C10H19NO2/c1-7(2)5-9(12)6-11-10(13)8(3)4/h7-8H,5-6H2,1-4H3,(H,11,13). The van der Waals surface area contributed by atoms with Crippen molar-refractivity contribution in [3.05, 3.63) is 0 Å². The van der Waals surface area contributed by atoms with Crippen LogP contribution >= 0.6 is 0 Å². The molecule has 76 valence electrons. The summed E-state index contributed by atoms with van der Waals surface area (Å²) in [6.07, 6.45) is 0.540. The predicted molar refractivity (Wildman–Crippen MR) is 52.3 cm³/mol. The van der Waals surface area contributed by atoms with E-state index in [-0.39, 0.29) is 24.2 Å². The summed E-state index contributed by atoms with van der Waals surface area (Å²) >= 11 is 0. The van der Waals surface area contributed by atoms with Crippen LogP contribution < -0.4 is 5.32 Å². The van der Waals surface area contributed by atoms with Crippen molar-refractivity contribution >= 4 is 11.7 Å². The monoisotopic (exact) mass is 185 g/mol. The van der Waals surface area contributed by atoms with E-state index >= 15 is 0 Å². The van der Waals surface area contributed by atoms with Crippen LogP contribution in [0, 0.1) is 11.8 Å². The number of hydrogen-bond acceptors (Lipinski definition) is 2. The molecular weight excluding hydrogens is 166 g/mol. The number of Topliss-reactive ketones (excluding diaryl/α,β-unsaturated/α-hetero) is 1. The number of rotatable bonds is 5. The summed E-state index contributed by atoms with van der Waals surface area (Å²) in [7, 11) is 0. The van der Waals surface area contributed by atoms with E-state index in [2.05, 4.69) is 5.32 Å². The van der Waals surface area contributed by atoms with E-state index in [1.807, 2.05) is 27.7 Å². The van der Waals surface area contributed by atoms with Gasteiger partial charge in [-0.15, -0.1) is 0 Å². The fourth-order valence-corrected chi connectivity index (χ4v) is 0.917. The number of ketones is 1. The molecule has 0 fully saturated rings. The quantitative estimate of drug-likeness (QED) is 0.703. The van der Waals surface area contributed by atoms with Crippen LogP contribution in [-0.2, 0) is 9.59 Å². The summed E-state index contributed by atoms with van der Waals surface area (Å²) in [5, 5.41) is 2.60. The first-order valence-electron chi connectivity index (χ1n) is 4.73. The Balaban J connectivity index is 3.64. The molecule has 0 rings (SSSR count). The van der Waals surface area contributed by atoms with Gasteiger partial charge in [0.1, 0.15) is 0 Å². The lowest BCUT2D eigenvalue weighted by atomic mass is 10.1. The van der Waals surface area contributed by atoms with Crippen molar-refractivity contribution in [1.29, 1.82) is 0 Å². The summed E-state index contributed by atoms with van der Waals surface area (Å²) in [6, 6.07) is 0. The Morgan fingerprint density at radius 1 is 1.15 bits per heavy atom. The van der Waals surface area contributed by atoms with Crippen molar-refractivity contribution < 1.29 is 9.59 Å². The lowest BCUT2D eigenvalue weighted by Gasteiger charge is -2.07. The molecule has 0 radical (unpaired) electrons. The number of carbonyl (C=O) groups excluding carboxylic acids is 2. The molecule has 1 amide bonds. The topological polar surface area (TPSA) is 46.2 Å². The molecule has 3 heteroatoms. The molecule has 0 aliphatic heterocycles. The first kappa shape index (κ1) is 12.1. The van der Waals surface area contributed by atoms with Crippen molar-refractivity contribution in [3.63, 3.8) is 0 Å². The molecule has 0 saturated heterocycles. The van der Waals surface area contributed by atoms with E-state index in [0.717, 1.165) is 0 Å². The Bertz CT molecular complexity index is 185. The third kappa shape index (κ3) is 6.31. The number of nitrogens with one attached hydrogen (secondary N) is 1. The van der Waals surface area contributed by atoms with Crippen LogP contribution in [0.4, 0.5) is 0 Å². The molecule has 1 N–H and O–H groups in total. The van der Waals surface area contributed by atoms with Crippen LogP contribution in [0.25, 0.3) is 0 Å². The van der Waals surface area contributed by atoms with Gasteiger partial charge in [-0.2, -0.15) is 0 Å². The smallest absolute Gasteiger partial charge is 0.222 e. The van der Waals surface area contributed by atoms with E-state index in [0.29, 0.717) is 12.3 Å². The molecule has 0 bridgehead atoms. The van der Waals surface area contributed by atoms with Crippen LogP contribution in [0.3, 0.4) is 0 Å². The SMILES string of the molecule is CC(C)CC(=O)CNC(=O)C(C)C. The molecular formula is C10H19NO2. The average molecular weight is 185 g/mol. The summed E-state index contributed by atoms with van der Waals surface area (Å²) in [5.74, 6) is 0.358. The molecule has 0 spiro atoms. The molecule has 0 aromatic rings. The largest absolute Gasteiger partial charge is 0.349 e. The summed E-state index contributed by atoms with van der Waals surface area (Å²) < 4.78 is 0. The zero-order chi connectivity index (χ0) is 10.4. The summed E-state index contributed by atoms with van der Waals surface area (Å²) in [4.78, 5) is 22.2. The van der Waals surface area contributed by atoms with Crippen LogP contribution in [0.15, 0.2) is 0 Å². The van der Waals surface area contributed by atoms with Gasteiger partial charge in [0.25, 0.3) is 0 Å². The van der Waals surface area contributed by atoms with Gasteiger partial charge in [-0.1, -0.05) is 27.7 Å². The lowest BCUT2D eigenvalue weighted by Crippen LogP contribution is -2.32. The molecule has 0 atom stereocenters. The third-order valence-electron chi connectivity index (χ3n) is 1.62. The normalized spacial score (nSPS) is 10.6. The molecule has 0 heterocycles. The first-order chi connectivity index (χ1) is 5.93. The van der Waals surface area contributed by atoms with Gasteiger partial charge in [-0.05, 0) is 5.92 Å². The van der Waals surface area contributed by atoms with Crippen LogP contribution in [0.1, 0.15) is 34.1 Å². The zero-order valence-electron chi connectivity index (χ0n) is 8.89. The Morgan fingerprint density at radius 3 is 2.08 bits per heavy atom. The third-order valence-corrected chi connectivity index (χ3v) is 1.62. The fourth-order valence-electron chi connectivity index (χ4n) is 0.917. The molecule has 0 saturated carbocycles. The molecule has 0 aliphatic rings. The molecule has 3 nitrogen and oxygen atoms in total. The maximum atomic E-state index is 11.2. The maximum absolute atomic E-state index is 11.2. The Labute approximate surface area is 79.9 Å². The van der Waals surface area contributed by atoms with Gasteiger partial charge in [-0.25, -0.2) is 0 Å². The lowest BCUT2D eigenvalue weighted by molar-refractivity contribution is -0.127. The molecule has 13 heavy (non-hydrogen) atoms. The van der Waals surface area contributed by atoms with Gasteiger partial charge in [0.15, 0.2) is 5.78 Å². The van der Waals surface area contributed by atoms with Crippen molar-refractivity contribution in [3.8, 4) is 0 Å². The Kier molecular flexibility index (Phi) is 5.35. The van der Waals surface area contributed by atoms with Gasteiger partial charge in [0, 0.05) is 12.3 Å². The molecule has 0 unspecified atom stereocenters. The minimum atomic E-state index is -0.0582. The van der Waals surface area contributed by atoms with E-state index < -0.39 is 0 Å². The molecule has 0 aromatic heterocycles. The summed E-state index contributed by atoms with van der Waals surface area (Å²) in [6.45, 7) is 7.77. The van der Waals surface area contributed by atoms with Crippen molar-refractivity contribution in [2.45, 2.75) is 34.1 Å². The van der Waals surface area contributed by atoms with E-state index in [1.165, 1.54) is 0 Å². The summed E-state index contributed by atoms with van der Waals surface area (Å²) in [5.41, 5.74) is 0. The minimum Gasteiger partial charge on any atom is -0.349 e. The highest BCUT2D eigenvalue weighted by Crippen LogP contribution is 1.99. The van der Waals surface area contributed by atoms with E-state index in [4.69, 9.17) is 0 Å². The fraction of sp³-hybridized carbons (Fsp3) is 0.800. The second kappa shape index (κ2) is 5.73. The van der Waals surface area contributed by atoms with Crippen LogP contribution in [0.2, 0.25) is 0 Å². The van der Waals surface area contributed by atoms with Crippen molar-refractivity contribution in [2.24, 2.45) is 11.8 Å². The van der Waals surface area contributed by atoms with Crippen molar-refractivity contribution in [1.82, 2.24) is 5.32 Å². The van der Waals surface area contributed by atoms with E-state index in [1.54, 1.807) is 0 Å². The zero-order valence-corrected chi connectivity index (χ0v) is 8.89. The highest BCUT2D eigenvalue weighted by molar-refractivity contribution is 5.86. The van der Waals surface area contributed by atoms with Crippen molar-refractivity contribution in [2.75, 3.05) is 6.54 Å². The molecule has 0 aliphatic carbocycles.